The topological polar surface area (TPSA) is 29.1 Å². The number of benzene rings is 1. The molecule has 1 aromatic carbocycles. The molecular formula is C14H17NO. The van der Waals surface area contributed by atoms with Crippen LogP contribution < -0.4 is 5.32 Å². The van der Waals surface area contributed by atoms with Crippen molar-refractivity contribution in [1.29, 1.82) is 0 Å². The van der Waals surface area contributed by atoms with Gasteiger partial charge in [-0.05, 0) is 18.4 Å². The summed E-state index contributed by atoms with van der Waals surface area (Å²) in [6.07, 6.45) is 5.04. The van der Waals surface area contributed by atoms with Gasteiger partial charge >= 0.3 is 0 Å². The van der Waals surface area contributed by atoms with Crippen LogP contribution in [-0.4, -0.2) is 18.9 Å². The Balaban J connectivity index is 2.15. The van der Waals surface area contributed by atoms with Crippen molar-refractivity contribution in [2.24, 2.45) is 0 Å². The number of carbonyl (C=O) groups excluding carboxylic acids is 1. The van der Waals surface area contributed by atoms with Gasteiger partial charge in [-0.15, -0.1) is 0 Å². The van der Waals surface area contributed by atoms with Crippen molar-refractivity contribution in [2.75, 3.05) is 13.1 Å². The van der Waals surface area contributed by atoms with Crippen molar-refractivity contribution >= 4 is 5.78 Å². The van der Waals surface area contributed by atoms with E-state index in [4.69, 9.17) is 0 Å². The summed E-state index contributed by atoms with van der Waals surface area (Å²) in [7, 11) is 0. The Kier molecular flexibility index (Phi) is 2.32. The van der Waals surface area contributed by atoms with E-state index in [-0.39, 0.29) is 11.2 Å². The quantitative estimate of drug-likeness (QED) is 0.719. The fraction of sp³-hybridized carbons (Fsp3) is 0.500. The number of fused-ring (bicyclic) bond motifs is 2. The Morgan fingerprint density at radius 1 is 1.12 bits per heavy atom. The van der Waals surface area contributed by atoms with Gasteiger partial charge in [-0.2, -0.15) is 0 Å². The first kappa shape index (κ1) is 10.0. The van der Waals surface area contributed by atoms with Crippen LogP contribution in [0.15, 0.2) is 24.3 Å². The summed E-state index contributed by atoms with van der Waals surface area (Å²) in [4.78, 5) is 12.0. The van der Waals surface area contributed by atoms with Crippen LogP contribution in [0.4, 0.5) is 0 Å². The number of nitrogens with one attached hydrogen (secondary N) is 1. The van der Waals surface area contributed by atoms with E-state index in [1.54, 1.807) is 0 Å². The maximum atomic E-state index is 12.0. The van der Waals surface area contributed by atoms with Gasteiger partial charge < -0.3 is 5.32 Å². The third kappa shape index (κ3) is 1.40. The largest absolute Gasteiger partial charge is 0.309 e. The molecule has 0 atom stereocenters. The summed E-state index contributed by atoms with van der Waals surface area (Å²) >= 11 is 0. The van der Waals surface area contributed by atoms with Crippen molar-refractivity contribution in [3.63, 3.8) is 0 Å². The Bertz CT molecular complexity index is 418. The molecule has 0 radical (unpaired) electrons. The zero-order chi connectivity index (χ0) is 11.0. The zero-order valence-electron chi connectivity index (χ0n) is 9.46. The lowest BCUT2D eigenvalue weighted by Crippen LogP contribution is -2.34. The first-order valence-corrected chi connectivity index (χ1v) is 6.15. The fourth-order valence-electron chi connectivity index (χ4n) is 3.29. The van der Waals surface area contributed by atoms with Crippen LogP contribution in [0, 0.1) is 0 Å². The summed E-state index contributed by atoms with van der Waals surface area (Å²) in [5.74, 6) is 0.249. The van der Waals surface area contributed by atoms with Gasteiger partial charge in [-0.1, -0.05) is 37.1 Å². The number of Topliss-reactive ketones (excluding diaryl/α,β-unsaturated/α-hetero) is 1. The second-order valence-electron chi connectivity index (χ2n) is 5.06. The lowest BCUT2D eigenvalue weighted by atomic mass is 9.77. The SMILES string of the molecule is O=C1CNCC2(CCCC2)c2ccccc21. The van der Waals surface area contributed by atoms with Gasteiger partial charge in [-0.25, -0.2) is 0 Å². The molecule has 3 rings (SSSR count). The van der Waals surface area contributed by atoms with E-state index >= 15 is 0 Å². The molecule has 2 heteroatoms. The van der Waals surface area contributed by atoms with Gasteiger partial charge in [-0.3, -0.25) is 4.79 Å². The molecule has 1 aliphatic heterocycles. The summed E-state index contributed by atoms with van der Waals surface area (Å²) in [6, 6.07) is 8.19. The van der Waals surface area contributed by atoms with E-state index in [1.165, 1.54) is 31.2 Å². The summed E-state index contributed by atoms with van der Waals surface area (Å²) < 4.78 is 0. The maximum absolute atomic E-state index is 12.0. The summed E-state index contributed by atoms with van der Waals surface area (Å²) in [5, 5.41) is 3.33. The molecule has 2 aliphatic rings. The van der Waals surface area contributed by atoms with E-state index < -0.39 is 0 Å². The molecule has 1 fully saturated rings. The molecule has 1 aromatic rings. The van der Waals surface area contributed by atoms with Gasteiger partial charge in [0.05, 0.1) is 6.54 Å². The van der Waals surface area contributed by atoms with Crippen molar-refractivity contribution in [3.8, 4) is 0 Å². The molecule has 1 spiro atoms. The zero-order valence-corrected chi connectivity index (χ0v) is 9.46. The molecule has 1 saturated carbocycles. The van der Waals surface area contributed by atoms with Crippen LogP contribution in [0.2, 0.25) is 0 Å². The molecule has 0 aromatic heterocycles. The Morgan fingerprint density at radius 3 is 2.69 bits per heavy atom. The molecule has 16 heavy (non-hydrogen) atoms. The smallest absolute Gasteiger partial charge is 0.176 e. The van der Waals surface area contributed by atoms with Gasteiger partial charge in [0.2, 0.25) is 0 Å². The van der Waals surface area contributed by atoms with Crippen LogP contribution >= 0.6 is 0 Å². The number of rotatable bonds is 0. The standard InChI is InChI=1S/C14H17NO/c16-13-9-15-10-14(7-3-4-8-14)12-6-2-1-5-11(12)13/h1-2,5-6,15H,3-4,7-10H2. The highest BCUT2D eigenvalue weighted by molar-refractivity contribution is 5.99. The summed E-state index contributed by atoms with van der Waals surface area (Å²) in [5.41, 5.74) is 2.49. The first-order valence-electron chi connectivity index (χ1n) is 6.15. The second-order valence-corrected chi connectivity index (χ2v) is 5.06. The molecule has 0 saturated heterocycles. The number of ketones is 1. The van der Waals surface area contributed by atoms with E-state index in [0.717, 1.165) is 12.1 Å². The van der Waals surface area contributed by atoms with Gasteiger partial charge in [0.1, 0.15) is 0 Å². The minimum atomic E-state index is 0.239. The normalized spacial score (nSPS) is 23.1. The highest BCUT2D eigenvalue weighted by Gasteiger charge is 2.39. The van der Waals surface area contributed by atoms with Gasteiger partial charge in [0.15, 0.2) is 5.78 Å². The predicted octanol–water partition coefficient (Wildman–Crippen LogP) is 2.28. The lowest BCUT2D eigenvalue weighted by molar-refractivity contribution is 0.0994. The minimum absolute atomic E-state index is 0.239. The van der Waals surface area contributed by atoms with E-state index in [0.29, 0.717) is 6.54 Å². The molecule has 0 bridgehead atoms. The summed E-state index contributed by atoms with van der Waals surface area (Å²) in [6.45, 7) is 1.47. The highest BCUT2D eigenvalue weighted by Crippen LogP contribution is 2.42. The van der Waals surface area contributed by atoms with Crippen molar-refractivity contribution in [1.82, 2.24) is 5.32 Å². The third-order valence-corrected chi connectivity index (χ3v) is 4.11. The molecule has 1 heterocycles. The molecule has 0 unspecified atom stereocenters. The van der Waals surface area contributed by atoms with Crippen LogP contribution in [0.1, 0.15) is 41.6 Å². The molecule has 0 amide bonds. The minimum Gasteiger partial charge on any atom is -0.309 e. The second kappa shape index (κ2) is 3.70. The Labute approximate surface area is 96.1 Å². The van der Waals surface area contributed by atoms with Crippen LogP contribution in [-0.2, 0) is 5.41 Å². The molecule has 1 aliphatic carbocycles. The van der Waals surface area contributed by atoms with E-state index in [9.17, 15) is 4.79 Å². The molecule has 2 nitrogen and oxygen atoms in total. The highest BCUT2D eigenvalue weighted by atomic mass is 16.1. The molecule has 1 N–H and O–H groups in total. The van der Waals surface area contributed by atoms with Gasteiger partial charge in [0.25, 0.3) is 0 Å². The van der Waals surface area contributed by atoms with Crippen molar-refractivity contribution in [2.45, 2.75) is 31.1 Å². The average Bonchev–Trinajstić information content (AvgIpc) is 2.73. The Morgan fingerprint density at radius 2 is 1.88 bits per heavy atom. The number of hydrogen-bond donors (Lipinski definition) is 1. The van der Waals surface area contributed by atoms with Crippen molar-refractivity contribution < 1.29 is 4.79 Å². The van der Waals surface area contributed by atoms with Gasteiger partial charge in [0, 0.05) is 17.5 Å². The monoisotopic (exact) mass is 215 g/mol. The number of carbonyl (C=O) groups is 1. The Hall–Kier alpha value is -1.15. The van der Waals surface area contributed by atoms with Crippen LogP contribution in [0.25, 0.3) is 0 Å². The third-order valence-electron chi connectivity index (χ3n) is 4.11. The fourth-order valence-corrected chi connectivity index (χ4v) is 3.29. The van der Waals surface area contributed by atoms with E-state index in [2.05, 4.69) is 17.4 Å². The number of hydrogen-bond acceptors (Lipinski definition) is 2. The first-order chi connectivity index (χ1) is 7.82. The molecule has 84 valence electrons. The molecular weight excluding hydrogens is 198 g/mol. The van der Waals surface area contributed by atoms with E-state index in [1.807, 2.05) is 12.1 Å². The lowest BCUT2D eigenvalue weighted by Gasteiger charge is -2.29. The van der Waals surface area contributed by atoms with Crippen molar-refractivity contribution in [3.05, 3.63) is 35.4 Å². The van der Waals surface area contributed by atoms with Crippen LogP contribution in [0.3, 0.4) is 0 Å². The predicted molar refractivity (Wildman–Crippen MR) is 63.8 cm³/mol. The maximum Gasteiger partial charge on any atom is 0.176 e. The average molecular weight is 215 g/mol. The van der Waals surface area contributed by atoms with Crippen LogP contribution in [0.5, 0.6) is 0 Å².